The maximum Gasteiger partial charge on any atom is 0.471 e. The Morgan fingerprint density at radius 2 is 1.96 bits per heavy atom. The van der Waals surface area contributed by atoms with E-state index < -0.39 is 12.1 Å². The topological polar surface area (TPSA) is 56.5 Å². The van der Waals surface area contributed by atoms with Gasteiger partial charge in [0.2, 0.25) is 0 Å². The van der Waals surface area contributed by atoms with Crippen LogP contribution in [0.4, 0.5) is 18.9 Å². The molecule has 0 aliphatic carbocycles. The van der Waals surface area contributed by atoms with Gasteiger partial charge in [-0.2, -0.15) is 18.3 Å². The number of nitrogens with one attached hydrogen (secondary N) is 1. The van der Waals surface area contributed by atoms with E-state index in [2.05, 4.69) is 5.11 Å². The van der Waals surface area contributed by atoms with Crippen molar-refractivity contribution in [1.29, 1.82) is 5.53 Å². The smallest absolute Gasteiger partial charge is 0.299 e. The van der Waals surface area contributed by atoms with Crippen LogP contribution in [0.2, 0.25) is 0 Å². The van der Waals surface area contributed by atoms with Gasteiger partial charge in [-0.15, -0.1) is 0 Å². The molecule has 8 heteroatoms. The third kappa shape index (κ3) is 3.14. The first kappa shape index (κ1) is 16.5. The van der Waals surface area contributed by atoms with Gasteiger partial charge >= 0.3 is 12.1 Å². The summed E-state index contributed by atoms with van der Waals surface area (Å²) in [5, 5.41) is 3.33. The van der Waals surface area contributed by atoms with Crippen LogP contribution in [0.3, 0.4) is 0 Å². The second kappa shape index (κ2) is 6.27. The molecule has 0 atom stereocenters. The summed E-state index contributed by atoms with van der Waals surface area (Å²) in [6.45, 7) is 0.0523. The Balaban J connectivity index is 2.10. The Morgan fingerprint density at radius 3 is 2.67 bits per heavy atom. The van der Waals surface area contributed by atoms with Crippen LogP contribution in [0, 0.1) is 5.53 Å². The lowest BCUT2D eigenvalue weighted by Gasteiger charge is -2.23. The molecule has 0 bridgehead atoms. The molecule has 0 radical (unpaired) electrons. The fraction of sp³-hybridized carbons (Fsp3) is 0.188. The van der Waals surface area contributed by atoms with Gasteiger partial charge in [-0.25, -0.2) is 5.53 Å². The zero-order valence-corrected chi connectivity index (χ0v) is 13.1. The number of halogens is 3. The summed E-state index contributed by atoms with van der Waals surface area (Å²) in [6.07, 6.45) is -4.94. The van der Waals surface area contributed by atoms with Crippen LogP contribution in [0.1, 0.15) is 11.1 Å². The Hall–Kier alpha value is -2.35. The molecular formula is C16H12F3N3OS. The average molecular weight is 351 g/mol. The van der Waals surface area contributed by atoms with E-state index in [0.29, 0.717) is 10.5 Å². The number of carbonyl (C=O) groups is 1. The van der Waals surface area contributed by atoms with Crippen LogP contribution < -0.4 is 4.90 Å². The number of benzene rings is 2. The number of anilines is 1. The minimum atomic E-state index is -4.94. The third-order valence-electron chi connectivity index (χ3n) is 3.59. The molecule has 124 valence electrons. The van der Waals surface area contributed by atoms with E-state index >= 15 is 0 Å². The molecule has 2 aromatic rings. The van der Waals surface area contributed by atoms with Gasteiger partial charge in [-0.3, -0.25) is 9.69 Å². The van der Waals surface area contributed by atoms with Gasteiger partial charge in [-0.05, 0) is 29.3 Å². The molecule has 0 spiro atoms. The Morgan fingerprint density at radius 1 is 1.21 bits per heavy atom. The highest BCUT2D eigenvalue weighted by atomic mass is 32.2. The van der Waals surface area contributed by atoms with E-state index in [0.717, 1.165) is 15.4 Å². The first-order valence-electron chi connectivity index (χ1n) is 7.01. The normalized spacial score (nSPS) is 13.7. The van der Waals surface area contributed by atoms with Crippen LogP contribution >= 0.6 is 11.8 Å². The highest BCUT2D eigenvalue weighted by Gasteiger charge is 2.44. The minimum Gasteiger partial charge on any atom is -0.299 e. The Labute approximate surface area is 140 Å². The molecule has 1 aliphatic heterocycles. The first-order valence-corrected chi connectivity index (χ1v) is 7.82. The van der Waals surface area contributed by atoms with Crippen molar-refractivity contribution < 1.29 is 18.0 Å². The lowest BCUT2D eigenvalue weighted by atomic mass is 10.1. The van der Waals surface area contributed by atoms with Gasteiger partial charge in [0.05, 0.1) is 18.8 Å². The molecule has 0 aromatic heterocycles. The summed E-state index contributed by atoms with van der Waals surface area (Å²) >= 11 is 1.31. The average Bonchev–Trinajstić information content (AvgIpc) is 2.69. The summed E-state index contributed by atoms with van der Waals surface area (Å²) in [4.78, 5) is 14.0. The lowest BCUT2D eigenvalue weighted by Crippen LogP contribution is -2.40. The van der Waals surface area contributed by atoms with Crippen molar-refractivity contribution >= 4 is 23.4 Å². The van der Waals surface area contributed by atoms with Gasteiger partial charge in [-0.1, -0.05) is 36.0 Å². The van der Waals surface area contributed by atoms with E-state index in [4.69, 9.17) is 5.53 Å². The molecule has 0 saturated heterocycles. The molecule has 1 N–H and O–H groups in total. The molecule has 4 nitrogen and oxygen atoms in total. The molecule has 0 fully saturated rings. The summed E-state index contributed by atoms with van der Waals surface area (Å²) in [5.41, 5.74) is 8.60. The molecule has 0 unspecified atom stereocenters. The zero-order chi connectivity index (χ0) is 17.3. The predicted octanol–water partition coefficient (Wildman–Crippen LogP) is 4.78. The van der Waals surface area contributed by atoms with Crippen molar-refractivity contribution in [2.75, 3.05) is 4.90 Å². The SMILES string of the molecule is N=NCc1ccc2c(c1)Sc1ccccc1N(C(=O)C(F)(F)F)C2. The number of hydrogen-bond donors (Lipinski definition) is 1. The summed E-state index contributed by atoms with van der Waals surface area (Å²) in [6, 6.07) is 11.7. The van der Waals surface area contributed by atoms with Gasteiger partial charge in [0.25, 0.3) is 0 Å². The second-order valence-electron chi connectivity index (χ2n) is 5.22. The van der Waals surface area contributed by atoms with Gasteiger partial charge in [0.15, 0.2) is 0 Å². The van der Waals surface area contributed by atoms with Crippen LogP contribution in [0.15, 0.2) is 57.4 Å². The highest BCUT2D eigenvalue weighted by molar-refractivity contribution is 7.99. The molecule has 3 rings (SSSR count). The molecule has 1 amide bonds. The largest absolute Gasteiger partial charge is 0.471 e. The van der Waals surface area contributed by atoms with E-state index in [-0.39, 0.29) is 18.8 Å². The molecular weight excluding hydrogens is 339 g/mol. The van der Waals surface area contributed by atoms with E-state index in [1.807, 2.05) is 0 Å². The van der Waals surface area contributed by atoms with Crippen molar-refractivity contribution in [3.05, 3.63) is 53.6 Å². The molecule has 1 heterocycles. The fourth-order valence-corrected chi connectivity index (χ4v) is 3.63. The number of fused-ring (bicyclic) bond motifs is 2. The van der Waals surface area contributed by atoms with Crippen LogP contribution in [0.5, 0.6) is 0 Å². The van der Waals surface area contributed by atoms with Crippen LogP contribution in [-0.2, 0) is 17.9 Å². The maximum atomic E-state index is 13.0. The number of para-hydroxylation sites is 1. The number of hydrogen-bond acceptors (Lipinski definition) is 4. The maximum absolute atomic E-state index is 13.0. The zero-order valence-electron chi connectivity index (χ0n) is 12.3. The van der Waals surface area contributed by atoms with Crippen molar-refractivity contribution in [3.8, 4) is 0 Å². The lowest BCUT2D eigenvalue weighted by molar-refractivity contribution is -0.170. The number of rotatable bonds is 2. The Kier molecular flexibility index (Phi) is 4.31. The molecule has 24 heavy (non-hydrogen) atoms. The quantitative estimate of drug-likeness (QED) is 0.792. The molecule has 1 aliphatic rings. The fourth-order valence-electron chi connectivity index (χ4n) is 2.49. The Bertz CT molecular complexity index is 807. The predicted molar refractivity (Wildman–Crippen MR) is 83.1 cm³/mol. The first-order chi connectivity index (χ1) is 11.4. The highest BCUT2D eigenvalue weighted by Crippen LogP contribution is 2.42. The third-order valence-corrected chi connectivity index (χ3v) is 4.75. The second-order valence-corrected chi connectivity index (χ2v) is 6.30. The van der Waals surface area contributed by atoms with E-state index in [9.17, 15) is 18.0 Å². The molecule has 0 saturated carbocycles. The standard InChI is InChI=1S/C16H12F3N3OS/c17-16(18,19)15(23)22-9-11-6-5-10(8-21-20)7-14(11)24-13-4-2-1-3-12(13)22/h1-7,20H,8-9H2. The number of carbonyl (C=O) groups excluding carboxylic acids is 1. The minimum absolute atomic E-state index is 0.157. The van der Waals surface area contributed by atoms with Crippen molar-refractivity contribution in [3.63, 3.8) is 0 Å². The monoisotopic (exact) mass is 351 g/mol. The van der Waals surface area contributed by atoms with E-state index in [1.54, 1.807) is 36.4 Å². The van der Waals surface area contributed by atoms with Gasteiger partial charge < -0.3 is 0 Å². The van der Waals surface area contributed by atoms with Crippen molar-refractivity contribution in [2.24, 2.45) is 5.11 Å². The number of nitrogens with zero attached hydrogens (tertiary/aromatic N) is 2. The summed E-state index contributed by atoms with van der Waals surface area (Å²) < 4.78 is 38.9. The van der Waals surface area contributed by atoms with Crippen molar-refractivity contribution in [2.45, 2.75) is 29.1 Å². The molecule has 2 aromatic carbocycles. The van der Waals surface area contributed by atoms with Crippen LogP contribution in [-0.4, -0.2) is 12.1 Å². The van der Waals surface area contributed by atoms with Crippen LogP contribution in [0.25, 0.3) is 0 Å². The summed E-state index contributed by atoms with van der Waals surface area (Å²) in [5.74, 6) is -1.88. The van der Waals surface area contributed by atoms with Gasteiger partial charge in [0.1, 0.15) is 0 Å². The van der Waals surface area contributed by atoms with E-state index in [1.165, 1.54) is 17.8 Å². The number of alkyl halides is 3. The van der Waals surface area contributed by atoms with Crippen molar-refractivity contribution in [1.82, 2.24) is 0 Å². The number of amides is 1. The summed E-state index contributed by atoms with van der Waals surface area (Å²) in [7, 11) is 0. The van der Waals surface area contributed by atoms with Gasteiger partial charge in [0, 0.05) is 9.79 Å².